The number of anilines is 2. The second-order valence-corrected chi connectivity index (χ2v) is 6.62. The van der Waals surface area contributed by atoms with Crippen LogP contribution in [0, 0.1) is 0 Å². The molecule has 1 heterocycles. The molecule has 134 valence electrons. The third-order valence-corrected chi connectivity index (χ3v) is 4.54. The quantitative estimate of drug-likeness (QED) is 0.503. The van der Waals surface area contributed by atoms with Crippen LogP contribution in [-0.2, 0) is 6.54 Å². The maximum Gasteiger partial charge on any atom is 0.337 e. The third kappa shape index (κ3) is 3.64. The Morgan fingerprint density at radius 1 is 1.07 bits per heavy atom. The van der Waals surface area contributed by atoms with Crippen LogP contribution < -0.4 is 5.32 Å². The third-order valence-electron chi connectivity index (χ3n) is 4.31. The first-order chi connectivity index (χ1) is 13.1. The van der Waals surface area contributed by atoms with E-state index in [4.69, 9.17) is 11.6 Å². The predicted octanol–water partition coefficient (Wildman–Crippen LogP) is 5.18. The predicted molar refractivity (Wildman–Crippen MR) is 107 cm³/mol. The summed E-state index contributed by atoms with van der Waals surface area (Å²) < 4.78 is 2.07. The van der Waals surface area contributed by atoms with Crippen LogP contribution in [0.3, 0.4) is 0 Å². The Labute approximate surface area is 160 Å². The van der Waals surface area contributed by atoms with Crippen molar-refractivity contribution in [1.82, 2.24) is 9.55 Å². The van der Waals surface area contributed by atoms with Crippen LogP contribution in [0.25, 0.3) is 11.0 Å². The van der Waals surface area contributed by atoms with Gasteiger partial charge < -0.3 is 15.0 Å². The molecule has 0 aliphatic rings. The number of imidazole rings is 1. The lowest BCUT2D eigenvalue weighted by Crippen LogP contribution is -2.03. The number of hydrogen-bond acceptors (Lipinski definition) is 3. The Balaban J connectivity index is 1.68. The van der Waals surface area contributed by atoms with Crippen LogP contribution in [0.1, 0.15) is 15.9 Å². The average Bonchev–Trinajstić information content (AvgIpc) is 3.06. The van der Waals surface area contributed by atoms with Gasteiger partial charge in [0.1, 0.15) is 0 Å². The van der Waals surface area contributed by atoms with Crippen LogP contribution in [0.5, 0.6) is 0 Å². The van der Waals surface area contributed by atoms with Crippen LogP contribution >= 0.6 is 11.6 Å². The molecule has 0 radical (unpaired) electrons. The zero-order valence-electron chi connectivity index (χ0n) is 14.3. The van der Waals surface area contributed by atoms with Crippen molar-refractivity contribution in [2.45, 2.75) is 6.54 Å². The second-order valence-electron chi connectivity index (χ2n) is 6.18. The van der Waals surface area contributed by atoms with E-state index < -0.39 is 5.97 Å². The standard InChI is InChI=1S/C21H16ClN3O2/c22-15-6-8-18(17(10-15)21(26)27)24-16-7-9-19-20(11-16)25(13-23-19)12-14-4-2-1-3-5-14/h1-11,13,24H,12H2,(H,26,27). The van der Waals surface area contributed by atoms with Gasteiger partial charge in [-0.3, -0.25) is 0 Å². The molecular weight excluding hydrogens is 362 g/mol. The van der Waals surface area contributed by atoms with Crippen molar-refractivity contribution in [2.75, 3.05) is 5.32 Å². The normalized spacial score (nSPS) is 10.9. The van der Waals surface area contributed by atoms with Crippen molar-refractivity contribution in [2.24, 2.45) is 0 Å². The first kappa shape index (κ1) is 17.1. The number of nitrogens with one attached hydrogen (secondary N) is 1. The Bertz CT molecular complexity index is 1120. The van der Waals surface area contributed by atoms with E-state index in [1.54, 1.807) is 12.1 Å². The number of aromatic nitrogens is 2. The minimum Gasteiger partial charge on any atom is -0.478 e. The van der Waals surface area contributed by atoms with Gasteiger partial charge in [0.15, 0.2) is 0 Å². The first-order valence-corrected chi connectivity index (χ1v) is 8.76. The van der Waals surface area contributed by atoms with E-state index in [0.29, 0.717) is 17.3 Å². The van der Waals surface area contributed by atoms with Gasteiger partial charge in [-0.05, 0) is 42.0 Å². The number of hydrogen-bond donors (Lipinski definition) is 2. The fraction of sp³-hybridized carbons (Fsp3) is 0.0476. The number of carboxylic acid groups (broad SMARTS) is 1. The lowest BCUT2D eigenvalue weighted by atomic mass is 10.1. The van der Waals surface area contributed by atoms with E-state index in [1.165, 1.54) is 11.6 Å². The molecule has 6 heteroatoms. The summed E-state index contributed by atoms with van der Waals surface area (Å²) in [6.07, 6.45) is 1.81. The van der Waals surface area contributed by atoms with Crippen LogP contribution in [0.2, 0.25) is 5.02 Å². The maximum absolute atomic E-state index is 11.5. The summed E-state index contributed by atoms with van der Waals surface area (Å²) in [4.78, 5) is 15.9. The number of aromatic carboxylic acids is 1. The highest BCUT2D eigenvalue weighted by Gasteiger charge is 2.12. The Morgan fingerprint density at radius 3 is 2.67 bits per heavy atom. The first-order valence-electron chi connectivity index (χ1n) is 8.39. The molecule has 0 fully saturated rings. The lowest BCUT2D eigenvalue weighted by molar-refractivity contribution is 0.0698. The van der Waals surface area contributed by atoms with Gasteiger partial charge in [-0.25, -0.2) is 9.78 Å². The summed E-state index contributed by atoms with van der Waals surface area (Å²) in [5.74, 6) is -1.03. The molecule has 4 aromatic rings. The van der Waals surface area contributed by atoms with Gasteiger partial charge in [-0.1, -0.05) is 41.9 Å². The zero-order chi connectivity index (χ0) is 18.8. The van der Waals surface area contributed by atoms with Gasteiger partial charge in [0, 0.05) is 17.3 Å². The second kappa shape index (κ2) is 7.13. The largest absolute Gasteiger partial charge is 0.478 e. The highest BCUT2D eigenvalue weighted by molar-refractivity contribution is 6.31. The molecule has 0 atom stereocenters. The molecule has 0 spiro atoms. The average molecular weight is 378 g/mol. The fourth-order valence-electron chi connectivity index (χ4n) is 3.00. The summed E-state index contributed by atoms with van der Waals surface area (Å²) in [6.45, 7) is 0.710. The molecule has 27 heavy (non-hydrogen) atoms. The molecule has 0 aliphatic heterocycles. The van der Waals surface area contributed by atoms with Crippen molar-refractivity contribution in [3.8, 4) is 0 Å². The van der Waals surface area contributed by atoms with E-state index in [9.17, 15) is 9.90 Å². The highest BCUT2D eigenvalue weighted by atomic mass is 35.5. The Morgan fingerprint density at radius 2 is 1.89 bits per heavy atom. The van der Waals surface area contributed by atoms with E-state index in [0.717, 1.165) is 16.7 Å². The zero-order valence-corrected chi connectivity index (χ0v) is 15.0. The van der Waals surface area contributed by atoms with Gasteiger partial charge in [-0.2, -0.15) is 0 Å². The van der Waals surface area contributed by atoms with Gasteiger partial charge in [-0.15, -0.1) is 0 Å². The molecule has 4 rings (SSSR count). The van der Waals surface area contributed by atoms with Crippen molar-refractivity contribution in [1.29, 1.82) is 0 Å². The monoisotopic (exact) mass is 377 g/mol. The van der Waals surface area contributed by atoms with Crippen LogP contribution in [0.15, 0.2) is 73.1 Å². The number of carbonyl (C=O) groups is 1. The summed E-state index contributed by atoms with van der Waals surface area (Å²) in [5, 5.41) is 13.0. The lowest BCUT2D eigenvalue weighted by Gasteiger charge is -2.11. The van der Waals surface area contributed by atoms with Gasteiger partial charge in [0.2, 0.25) is 0 Å². The van der Waals surface area contributed by atoms with E-state index >= 15 is 0 Å². The van der Waals surface area contributed by atoms with Crippen molar-refractivity contribution in [3.05, 3.63) is 89.2 Å². The molecule has 0 bridgehead atoms. The number of fused-ring (bicyclic) bond motifs is 1. The van der Waals surface area contributed by atoms with E-state index in [2.05, 4.69) is 27.0 Å². The minimum absolute atomic E-state index is 0.125. The van der Waals surface area contributed by atoms with Crippen LogP contribution in [-0.4, -0.2) is 20.6 Å². The molecular formula is C21H16ClN3O2. The summed E-state index contributed by atoms with van der Waals surface area (Å²) in [5.41, 5.74) is 4.42. The number of halogens is 1. The van der Waals surface area contributed by atoms with Gasteiger partial charge >= 0.3 is 5.97 Å². The molecule has 0 saturated carbocycles. The highest BCUT2D eigenvalue weighted by Crippen LogP contribution is 2.26. The van der Waals surface area contributed by atoms with Crippen molar-refractivity contribution >= 4 is 40.0 Å². The number of benzene rings is 3. The number of carboxylic acids is 1. The molecule has 0 aliphatic carbocycles. The summed E-state index contributed by atoms with van der Waals surface area (Å²) in [6, 6.07) is 20.7. The van der Waals surface area contributed by atoms with Gasteiger partial charge in [0.25, 0.3) is 0 Å². The van der Waals surface area contributed by atoms with E-state index in [1.807, 2.05) is 42.7 Å². The molecule has 0 unspecified atom stereocenters. The molecule has 0 saturated heterocycles. The fourth-order valence-corrected chi connectivity index (χ4v) is 3.17. The summed E-state index contributed by atoms with van der Waals surface area (Å²) >= 11 is 5.92. The molecule has 3 aromatic carbocycles. The Hall–Kier alpha value is -3.31. The smallest absolute Gasteiger partial charge is 0.337 e. The molecule has 2 N–H and O–H groups in total. The number of rotatable bonds is 5. The minimum atomic E-state index is -1.03. The summed E-state index contributed by atoms with van der Waals surface area (Å²) in [7, 11) is 0. The van der Waals surface area contributed by atoms with Gasteiger partial charge in [0.05, 0.1) is 28.6 Å². The Kier molecular flexibility index (Phi) is 4.52. The topological polar surface area (TPSA) is 67.2 Å². The molecule has 1 aromatic heterocycles. The van der Waals surface area contributed by atoms with Crippen molar-refractivity contribution < 1.29 is 9.90 Å². The SMILES string of the molecule is O=C(O)c1cc(Cl)ccc1Nc1ccc2ncn(Cc3ccccc3)c2c1. The number of nitrogens with zero attached hydrogens (tertiary/aromatic N) is 2. The maximum atomic E-state index is 11.5. The van der Waals surface area contributed by atoms with Crippen LogP contribution in [0.4, 0.5) is 11.4 Å². The molecule has 5 nitrogen and oxygen atoms in total. The van der Waals surface area contributed by atoms with E-state index in [-0.39, 0.29) is 5.56 Å². The van der Waals surface area contributed by atoms with Crippen molar-refractivity contribution in [3.63, 3.8) is 0 Å². The molecule has 0 amide bonds.